The van der Waals surface area contributed by atoms with Gasteiger partial charge in [-0.25, -0.2) is 8.42 Å². The summed E-state index contributed by atoms with van der Waals surface area (Å²) in [7, 11) is -1.08. The fourth-order valence-electron chi connectivity index (χ4n) is 4.98. The minimum atomic E-state index is -2.88. The highest BCUT2D eigenvalue weighted by molar-refractivity contribution is 8.00. The second kappa shape index (κ2) is 9.59. The predicted octanol–water partition coefficient (Wildman–Crippen LogP) is 2.42. The Balaban J connectivity index is 1.52. The van der Waals surface area contributed by atoms with Crippen molar-refractivity contribution in [1.82, 2.24) is 10.6 Å². The highest BCUT2D eigenvalue weighted by Gasteiger charge is 2.37. The Kier molecular flexibility index (Phi) is 7.71. The maximum atomic E-state index is 11.8. The summed E-state index contributed by atoms with van der Waals surface area (Å²) in [5.74, 6) is 2.44. The van der Waals surface area contributed by atoms with Gasteiger partial charge in [-0.1, -0.05) is 0 Å². The van der Waals surface area contributed by atoms with Gasteiger partial charge in [0.15, 0.2) is 0 Å². The molecule has 4 unspecified atom stereocenters. The van der Waals surface area contributed by atoms with E-state index in [0.29, 0.717) is 24.0 Å². The number of nitrogens with one attached hydrogen (secondary N) is 2. The molecular weight excluding hydrogens is 368 g/mol. The largest absolute Gasteiger partial charge is 0.384 e. The number of hydrogen-bond donors (Lipinski definition) is 2. The lowest BCUT2D eigenvalue weighted by atomic mass is 9.78. The number of thioether (sulfide) groups is 1. The summed E-state index contributed by atoms with van der Waals surface area (Å²) in [5.41, 5.74) is 0. The second-order valence-corrected chi connectivity index (χ2v) is 12.2. The first kappa shape index (κ1) is 20.9. The van der Waals surface area contributed by atoms with Crippen LogP contribution >= 0.6 is 11.8 Å². The summed E-state index contributed by atoms with van der Waals surface area (Å²) in [6.07, 6.45) is 10.5. The summed E-state index contributed by atoms with van der Waals surface area (Å²) >= 11 is 2.10. The molecule has 5 nitrogen and oxygen atoms in total. The van der Waals surface area contributed by atoms with Crippen molar-refractivity contribution in [2.45, 2.75) is 74.1 Å². The van der Waals surface area contributed by atoms with Gasteiger partial charge in [-0.3, -0.25) is 5.32 Å². The lowest BCUT2D eigenvalue weighted by Gasteiger charge is -2.43. The van der Waals surface area contributed by atoms with Crippen LogP contribution in [0.4, 0.5) is 0 Å². The van der Waals surface area contributed by atoms with Gasteiger partial charge in [0, 0.05) is 37.1 Å². The highest BCUT2D eigenvalue weighted by atomic mass is 32.2. The van der Waals surface area contributed by atoms with Gasteiger partial charge in [0.25, 0.3) is 0 Å². The van der Waals surface area contributed by atoms with E-state index in [1.165, 1.54) is 37.7 Å². The molecule has 1 saturated carbocycles. The van der Waals surface area contributed by atoms with Crippen LogP contribution < -0.4 is 10.6 Å². The molecule has 0 aromatic rings. The highest BCUT2D eigenvalue weighted by Crippen LogP contribution is 2.34. The topological polar surface area (TPSA) is 67.4 Å². The quantitative estimate of drug-likeness (QED) is 0.679. The van der Waals surface area contributed by atoms with Gasteiger partial charge in [-0.2, -0.15) is 11.8 Å². The molecule has 0 aromatic carbocycles. The summed E-state index contributed by atoms with van der Waals surface area (Å²) in [4.78, 5) is 0. The standard InChI is InChI=1S/C19H36N2O3S2/c1-24-13-15-7-10-18(14-5-8-17(9-6-14)26(2,22)23)21-19(15)20-12-16-4-3-11-25-16/h14-21H,3-13H2,1-2H3. The zero-order chi connectivity index (χ0) is 18.6. The van der Waals surface area contributed by atoms with E-state index in [9.17, 15) is 8.42 Å². The van der Waals surface area contributed by atoms with E-state index < -0.39 is 9.84 Å². The number of rotatable bonds is 7. The van der Waals surface area contributed by atoms with E-state index in [1.807, 2.05) is 0 Å². The van der Waals surface area contributed by atoms with Crippen molar-refractivity contribution in [3.8, 4) is 0 Å². The Morgan fingerprint density at radius 3 is 2.50 bits per heavy atom. The van der Waals surface area contributed by atoms with Gasteiger partial charge in [0.1, 0.15) is 9.84 Å². The number of sulfone groups is 1. The summed E-state index contributed by atoms with van der Waals surface area (Å²) in [6, 6.07) is 0.511. The van der Waals surface area contributed by atoms with Crippen molar-refractivity contribution in [3.63, 3.8) is 0 Å². The van der Waals surface area contributed by atoms with Gasteiger partial charge in [-0.05, 0) is 63.0 Å². The van der Waals surface area contributed by atoms with E-state index in [1.54, 1.807) is 7.11 Å². The minimum absolute atomic E-state index is 0.114. The van der Waals surface area contributed by atoms with E-state index in [4.69, 9.17) is 4.74 Å². The van der Waals surface area contributed by atoms with E-state index in [0.717, 1.165) is 44.1 Å². The van der Waals surface area contributed by atoms with Crippen LogP contribution in [0.15, 0.2) is 0 Å². The Morgan fingerprint density at radius 1 is 1.12 bits per heavy atom. The van der Waals surface area contributed by atoms with Gasteiger partial charge < -0.3 is 10.1 Å². The number of methoxy groups -OCH3 is 1. The van der Waals surface area contributed by atoms with Crippen molar-refractivity contribution in [2.24, 2.45) is 11.8 Å². The molecule has 0 radical (unpaired) electrons. The molecule has 2 heterocycles. The van der Waals surface area contributed by atoms with Crippen LogP contribution in [0.3, 0.4) is 0 Å². The van der Waals surface area contributed by atoms with Crippen molar-refractivity contribution in [3.05, 3.63) is 0 Å². The van der Waals surface area contributed by atoms with Gasteiger partial charge in [0.2, 0.25) is 0 Å². The fourth-order valence-corrected chi connectivity index (χ4v) is 7.33. The molecule has 0 bridgehead atoms. The number of hydrogen-bond acceptors (Lipinski definition) is 6. The average molecular weight is 405 g/mol. The van der Waals surface area contributed by atoms with Crippen LogP contribution in [0, 0.1) is 11.8 Å². The molecule has 3 fully saturated rings. The predicted molar refractivity (Wildman–Crippen MR) is 109 cm³/mol. The van der Waals surface area contributed by atoms with Crippen molar-refractivity contribution in [1.29, 1.82) is 0 Å². The summed E-state index contributed by atoms with van der Waals surface area (Å²) < 4.78 is 29.1. The minimum Gasteiger partial charge on any atom is -0.384 e. The smallest absolute Gasteiger partial charge is 0.150 e. The summed E-state index contributed by atoms with van der Waals surface area (Å²) in [6.45, 7) is 1.88. The first-order valence-corrected chi connectivity index (χ1v) is 13.3. The molecular formula is C19H36N2O3S2. The zero-order valence-electron chi connectivity index (χ0n) is 16.3. The van der Waals surface area contributed by atoms with Crippen LogP contribution in [0.2, 0.25) is 0 Å². The Bertz CT molecular complexity index is 529. The maximum Gasteiger partial charge on any atom is 0.150 e. The fraction of sp³-hybridized carbons (Fsp3) is 1.00. The Labute approximate surface area is 163 Å². The van der Waals surface area contributed by atoms with E-state index >= 15 is 0 Å². The molecule has 3 aliphatic rings. The lowest BCUT2D eigenvalue weighted by Crippen LogP contribution is -2.59. The Morgan fingerprint density at radius 2 is 1.88 bits per heavy atom. The third-order valence-corrected chi connectivity index (χ3v) is 9.66. The molecule has 2 aliphatic heterocycles. The molecule has 0 amide bonds. The molecule has 0 aromatic heterocycles. The Hall–Kier alpha value is 0.180. The third-order valence-electron chi connectivity index (χ3n) is 6.58. The van der Waals surface area contributed by atoms with Crippen LogP contribution in [0.25, 0.3) is 0 Å². The molecule has 2 saturated heterocycles. The van der Waals surface area contributed by atoms with E-state index in [2.05, 4.69) is 22.4 Å². The van der Waals surface area contributed by atoms with E-state index in [-0.39, 0.29) is 5.25 Å². The number of ether oxygens (including phenoxy) is 1. The molecule has 2 N–H and O–H groups in total. The van der Waals surface area contributed by atoms with Crippen LogP contribution in [-0.2, 0) is 14.6 Å². The normalized spacial score (nSPS) is 39.2. The van der Waals surface area contributed by atoms with Crippen LogP contribution in [0.1, 0.15) is 51.4 Å². The van der Waals surface area contributed by atoms with Crippen molar-refractivity contribution >= 4 is 21.6 Å². The maximum absolute atomic E-state index is 11.8. The lowest BCUT2D eigenvalue weighted by molar-refractivity contribution is 0.0725. The molecule has 3 rings (SSSR count). The summed E-state index contributed by atoms with van der Waals surface area (Å²) in [5, 5.41) is 8.32. The molecule has 7 heteroatoms. The zero-order valence-corrected chi connectivity index (χ0v) is 17.9. The third kappa shape index (κ3) is 5.60. The van der Waals surface area contributed by atoms with Gasteiger partial charge >= 0.3 is 0 Å². The average Bonchev–Trinajstić information content (AvgIpc) is 3.14. The first-order chi connectivity index (χ1) is 12.5. The van der Waals surface area contributed by atoms with Gasteiger partial charge in [-0.15, -0.1) is 0 Å². The molecule has 0 spiro atoms. The van der Waals surface area contributed by atoms with Gasteiger partial charge in [0.05, 0.1) is 18.0 Å². The van der Waals surface area contributed by atoms with Crippen LogP contribution in [0.5, 0.6) is 0 Å². The second-order valence-electron chi connectivity index (χ2n) is 8.45. The molecule has 152 valence electrons. The van der Waals surface area contributed by atoms with Crippen molar-refractivity contribution in [2.75, 3.05) is 32.3 Å². The molecule has 1 aliphatic carbocycles. The molecule has 4 atom stereocenters. The SMILES string of the molecule is COCC1CCC(C2CCC(S(C)(=O)=O)CC2)NC1NCC1CCCS1. The first-order valence-electron chi connectivity index (χ1n) is 10.3. The van der Waals surface area contributed by atoms with Crippen LogP contribution in [-0.4, -0.2) is 63.4 Å². The monoisotopic (exact) mass is 404 g/mol. The molecule has 26 heavy (non-hydrogen) atoms. The number of piperidine rings is 1. The van der Waals surface area contributed by atoms with Crippen molar-refractivity contribution < 1.29 is 13.2 Å².